The predicted molar refractivity (Wildman–Crippen MR) is 96.5 cm³/mol. The molecule has 0 unspecified atom stereocenters. The lowest BCUT2D eigenvalue weighted by Gasteiger charge is -2.18. The van der Waals surface area contributed by atoms with E-state index in [2.05, 4.69) is 21.2 Å². The van der Waals surface area contributed by atoms with Crippen molar-refractivity contribution in [3.63, 3.8) is 0 Å². The lowest BCUT2D eigenvalue weighted by atomic mass is 10.1. The molecule has 4 nitrogen and oxygen atoms in total. The molecule has 126 valence electrons. The second-order valence-corrected chi connectivity index (χ2v) is 6.68. The highest BCUT2D eigenvalue weighted by Gasteiger charge is 2.18. The molecule has 1 heterocycles. The summed E-state index contributed by atoms with van der Waals surface area (Å²) in [7, 11) is 0. The lowest BCUT2D eigenvalue weighted by Crippen LogP contribution is -2.28. The van der Waals surface area contributed by atoms with Crippen LogP contribution in [0.4, 0.5) is 0 Å². The van der Waals surface area contributed by atoms with E-state index in [0.717, 1.165) is 33.5 Å². The Bertz CT molecular complexity index is 718. The van der Waals surface area contributed by atoms with Gasteiger partial charge in [0.25, 0.3) is 0 Å². The first-order valence-corrected chi connectivity index (χ1v) is 8.85. The Morgan fingerprint density at radius 3 is 2.54 bits per heavy atom. The van der Waals surface area contributed by atoms with Crippen LogP contribution in [-0.4, -0.2) is 19.1 Å². The largest absolute Gasteiger partial charge is 0.490 e. The van der Waals surface area contributed by atoms with Crippen molar-refractivity contribution >= 4 is 21.8 Å². The maximum Gasteiger partial charge on any atom is 0.224 e. The minimum atomic E-state index is -0.132. The zero-order chi connectivity index (χ0) is 16.9. The molecule has 0 saturated heterocycles. The first-order valence-electron chi connectivity index (χ1n) is 8.06. The van der Waals surface area contributed by atoms with Crippen LogP contribution < -0.4 is 14.8 Å². The van der Waals surface area contributed by atoms with E-state index in [9.17, 15) is 4.79 Å². The van der Waals surface area contributed by atoms with Crippen LogP contribution in [0, 0.1) is 0 Å². The lowest BCUT2D eigenvalue weighted by molar-refractivity contribution is -0.121. The summed E-state index contributed by atoms with van der Waals surface area (Å²) in [4.78, 5) is 12.3. The number of hydrogen-bond acceptors (Lipinski definition) is 3. The summed E-state index contributed by atoms with van der Waals surface area (Å²) in [5, 5.41) is 3.04. The number of nitrogens with one attached hydrogen (secondary N) is 1. The number of carbonyl (C=O) groups excluding carboxylic acids is 1. The molecule has 0 aliphatic carbocycles. The number of fused-ring (bicyclic) bond motifs is 1. The van der Waals surface area contributed by atoms with E-state index in [1.807, 2.05) is 49.4 Å². The molecule has 0 saturated carbocycles. The third-order valence-corrected chi connectivity index (χ3v) is 4.61. The van der Waals surface area contributed by atoms with E-state index >= 15 is 0 Å². The van der Waals surface area contributed by atoms with Gasteiger partial charge in [-0.2, -0.15) is 0 Å². The molecule has 5 heteroatoms. The van der Waals surface area contributed by atoms with Gasteiger partial charge >= 0.3 is 0 Å². The van der Waals surface area contributed by atoms with Crippen LogP contribution in [-0.2, 0) is 11.2 Å². The summed E-state index contributed by atoms with van der Waals surface area (Å²) in [6.07, 6.45) is 1.23. The third kappa shape index (κ3) is 4.09. The van der Waals surface area contributed by atoms with Crippen molar-refractivity contribution in [1.82, 2.24) is 5.32 Å². The van der Waals surface area contributed by atoms with Crippen molar-refractivity contribution in [1.29, 1.82) is 0 Å². The Morgan fingerprint density at radius 1 is 1.17 bits per heavy atom. The van der Waals surface area contributed by atoms with Gasteiger partial charge in [0, 0.05) is 10.9 Å². The molecule has 1 atom stereocenters. The van der Waals surface area contributed by atoms with Crippen molar-refractivity contribution in [2.45, 2.75) is 25.8 Å². The monoisotopic (exact) mass is 389 g/mol. The molecule has 0 aromatic heterocycles. The van der Waals surface area contributed by atoms with Crippen molar-refractivity contribution in [3.05, 3.63) is 58.1 Å². The molecule has 2 aromatic rings. The fraction of sp³-hybridized carbons (Fsp3) is 0.316. The van der Waals surface area contributed by atoms with Gasteiger partial charge in [-0.05, 0) is 30.2 Å². The molecular formula is C19H20BrNO3. The zero-order valence-electron chi connectivity index (χ0n) is 13.5. The second kappa shape index (κ2) is 7.71. The molecule has 1 aliphatic heterocycles. The molecule has 24 heavy (non-hydrogen) atoms. The van der Waals surface area contributed by atoms with Crippen LogP contribution in [0.25, 0.3) is 0 Å². The van der Waals surface area contributed by atoms with Gasteiger partial charge in [-0.1, -0.05) is 46.3 Å². The minimum Gasteiger partial charge on any atom is -0.490 e. The highest BCUT2D eigenvalue weighted by Crippen LogP contribution is 2.37. The molecule has 0 fully saturated rings. The number of benzene rings is 2. The van der Waals surface area contributed by atoms with E-state index in [1.54, 1.807) is 0 Å². The molecule has 1 aliphatic rings. The first kappa shape index (κ1) is 16.8. The maximum atomic E-state index is 12.3. The van der Waals surface area contributed by atoms with Gasteiger partial charge in [-0.15, -0.1) is 0 Å². The molecule has 0 bridgehead atoms. The quantitative estimate of drug-likeness (QED) is 0.858. The van der Waals surface area contributed by atoms with E-state index in [0.29, 0.717) is 19.6 Å². The fourth-order valence-corrected chi connectivity index (χ4v) is 3.35. The van der Waals surface area contributed by atoms with Crippen molar-refractivity contribution in [3.8, 4) is 11.5 Å². The van der Waals surface area contributed by atoms with Crippen LogP contribution in [0.15, 0.2) is 46.9 Å². The molecule has 2 aromatic carbocycles. The highest BCUT2D eigenvalue weighted by molar-refractivity contribution is 9.10. The second-order valence-electron chi connectivity index (χ2n) is 5.82. The average Bonchev–Trinajstić information content (AvgIpc) is 2.79. The Hall–Kier alpha value is -2.01. The summed E-state index contributed by atoms with van der Waals surface area (Å²) in [6, 6.07) is 13.4. The third-order valence-electron chi connectivity index (χ3n) is 3.92. The van der Waals surface area contributed by atoms with Crippen molar-refractivity contribution < 1.29 is 14.3 Å². The Morgan fingerprint density at radius 2 is 1.83 bits per heavy atom. The molecule has 0 radical (unpaired) electrons. The van der Waals surface area contributed by atoms with E-state index in [4.69, 9.17) is 9.47 Å². The van der Waals surface area contributed by atoms with Gasteiger partial charge in [0.1, 0.15) is 0 Å². The van der Waals surface area contributed by atoms with Crippen molar-refractivity contribution in [2.24, 2.45) is 0 Å². The summed E-state index contributed by atoms with van der Waals surface area (Å²) >= 11 is 3.57. The molecule has 3 rings (SSSR count). The minimum absolute atomic E-state index is 0.00675. The van der Waals surface area contributed by atoms with E-state index in [1.165, 1.54) is 0 Å². The molecular weight excluding hydrogens is 370 g/mol. The van der Waals surface area contributed by atoms with Gasteiger partial charge in [-0.25, -0.2) is 0 Å². The van der Waals surface area contributed by atoms with Crippen molar-refractivity contribution in [2.75, 3.05) is 13.2 Å². The van der Waals surface area contributed by atoms with Gasteiger partial charge < -0.3 is 14.8 Å². The normalized spacial score (nSPS) is 14.6. The smallest absolute Gasteiger partial charge is 0.224 e. The fourth-order valence-electron chi connectivity index (χ4n) is 2.68. The van der Waals surface area contributed by atoms with Gasteiger partial charge in [0.05, 0.1) is 25.7 Å². The zero-order valence-corrected chi connectivity index (χ0v) is 15.1. The van der Waals surface area contributed by atoms with Gasteiger partial charge in [-0.3, -0.25) is 4.79 Å². The number of rotatable bonds is 4. The van der Waals surface area contributed by atoms with Gasteiger partial charge in [0.15, 0.2) is 11.5 Å². The van der Waals surface area contributed by atoms with E-state index in [-0.39, 0.29) is 11.9 Å². The summed E-state index contributed by atoms with van der Waals surface area (Å²) in [5.74, 6) is 1.47. The summed E-state index contributed by atoms with van der Waals surface area (Å²) < 4.78 is 12.3. The standard InChI is InChI=1S/C19H20BrNO3/c1-13(21-19(22)10-14-6-3-2-4-7-14)15-11-17-18(12-16(15)20)24-9-5-8-23-17/h2-4,6-7,11-13H,5,8-10H2,1H3,(H,21,22)/t13-/m0/s1. The number of carbonyl (C=O) groups is 1. The predicted octanol–water partition coefficient (Wildman–Crippen LogP) is 4.03. The first-order chi connectivity index (χ1) is 11.6. The number of amides is 1. The summed E-state index contributed by atoms with van der Waals surface area (Å²) in [6.45, 7) is 3.26. The topological polar surface area (TPSA) is 47.6 Å². The Balaban J connectivity index is 1.71. The van der Waals surface area contributed by atoms with Gasteiger partial charge in [0.2, 0.25) is 5.91 Å². The van der Waals surface area contributed by atoms with Crippen LogP contribution >= 0.6 is 15.9 Å². The number of halogens is 1. The molecule has 0 spiro atoms. The molecule has 1 N–H and O–H groups in total. The van der Waals surface area contributed by atoms with Crippen LogP contribution in [0.2, 0.25) is 0 Å². The van der Waals surface area contributed by atoms with E-state index < -0.39 is 0 Å². The Kier molecular flexibility index (Phi) is 5.41. The SMILES string of the molecule is C[C@H](NC(=O)Cc1ccccc1)c1cc2c(cc1Br)OCCCO2. The maximum absolute atomic E-state index is 12.3. The molecule has 1 amide bonds. The number of ether oxygens (including phenoxy) is 2. The average molecular weight is 390 g/mol. The van der Waals surface area contributed by atoms with Crippen LogP contribution in [0.3, 0.4) is 0 Å². The van der Waals surface area contributed by atoms with Crippen LogP contribution in [0.1, 0.15) is 30.5 Å². The Labute approximate surface area is 150 Å². The number of hydrogen-bond donors (Lipinski definition) is 1. The highest BCUT2D eigenvalue weighted by atomic mass is 79.9. The summed E-state index contributed by atoms with van der Waals surface area (Å²) in [5.41, 5.74) is 1.97. The van der Waals surface area contributed by atoms with Crippen LogP contribution in [0.5, 0.6) is 11.5 Å².